The summed E-state index contributed by atoms with van der Waals surface area (Å²) in [5.41, 5.74) is 0.922. The molecule has 1 saturated heterocycles. The topological polar surface area (TPSA) is 45.5 Å². The fraction of sp³-hybridized carbons (Fsp3) is 0.667. The third kappa shape index (κ3) is 3.60. The highest BCUT2D eigenvalue weighted by Gasteiger charge is 2.24. The first-order valence-electron chi connectivity index (χ1n) is 7.29. The molecule has 1 aliphatic rings. The molecule has 0 aromatic carbocycles. The summed E-state index contributed by atoms with van der Waals surface area (Å²) in [7, 11) is 0. The van der Waals surface area contributed by atoms with Crippen LogP contribution in [0.15, 0.2) is 16.7 Å². The Bertz CT molecular complexity index is 408. The summed E-state index contributed by atoms with van der Waals surface area (Å²) in [6.45, 7) is 6.74. The van der Waals surface area contributed by atoms with Crippen LogP contribution >= 0.6 is 0 Å². The van der Waals surface area contributed by atoms with E-state index in [1.807, 2.05) is 17.9 Å². The van der Waals surface area contributed by atoms with Gasteiger partial charge in [-0.05, 0) is 38.8 Å². The quantitative estimate of drug-likeness (QED) is 0.859. The monoisotopic (exact) mass is 264 g/mol. The summed E-state index contributed by atoms with van der Waals surface area (Å²) >= 11 is 0. The molecule has 4 heteroatoms. The van der Waals surface area contributed by atoms with Crippen LogP contribution in [-0.4, -0.2) is 36.5 Å². The Morgan fingerprint density at radius 1 is 1.58 bits per heavy atom. The zero-order valence-electron chi connectivity index (χ0n) is 11.9. The number of amides is 1. The van der Waals surface area contributed by atoms with Crippen LogP contribution < -0.4 is 5.32 Å². The molecule has 1 fully saturated rings. The van der Waals surface area contributed by atoms with Gasteiger partial charge in [-0.1, -0.05) is 13.3 Å². The van der Waals surface area contributed by atoms with Gasteiger partial charge in [-0.15, -0.1) is 0 Å². The predicted molar refractivity (Wildman–Crippen MR) is 75.3 cm³/mol. The molecule has 0 aliphatic carbocycles. The summed E-state index contributed by atoms with van der Waals surface area (Å²) in [6, 6.07) is 2.29. The van der Waals surface area contributed by atoms with Crippen molar-refractivity contribution < 1.29 is 9.21 Å². The van der Waals surface area contributed by atoms with Crippen LogP contribution in [0.1, 0.15) is 48.7 Å². The lowest BCUT2D eigenvalue weighted by Crippen LogP contribution is -2.41. The van der Waals surface area contributed by atoms with Gasteiger partial charge in [-0.25, -0.2) is 0 Å². The number of nitrogens with one attached hydrogen (secondary N) is 1. The van der Waals surface area contributed by atoms with Gasteiger partial charge in [0.15, 0.2) is 5.76 Å². The normalized spacial score (nSPS) is 18.7. The maximum Gasteiger partial charge on any atom is 0.289 e. The van der Waals surface area contributed by atoms with E-state index in [9.17, 15) is 4.79 Å². The highest BCUT2D eigenvalue weighted by molar-refractivity contribution is 5.92. The highest BCUT2D eigenvalue weighted by Crippen LogP contribution is 2.15. The molecule has 1 amide bonds. The van der Waals surface area contributed by atoms with Gasteiger partial charge in [0.25, 0.3) is 5.91 Å². The van der Waals surface area contributed by atoms with E-state index in [0.29, 0.717) is 11.8 Å². The first kappa shape index (κ1) is 14.1. The zero-order chi connectivity index (χ0) is 13.7. The van der Waals surface area contributed by atoms with Crippen LogP contribution in [-0.2, 0) is 0 Å². The molecule has 19 heavy (non-hydrogen) atoms. The third-order valence-corrected chi connectivity index (χ3v) is 3.73. The Hall–Kier alpha value is -1.29. The summed E-state index contributed by atoms with van der Waals surface area (Å²) in [6.07, 6.45) is 6.10. The number of furan rings is 1. The van der Waals surface area contributed by atoms with Gasteiger partial charge >= 0.3 is 0 Å². The highest BCUT2D eigenvalue weighted by atomic mass is 16.3. The molecule has 1 unspecified atom stereocenters. The molecule has 2 rings (SSSR count). The number of carbonyl (C=O) groups excluding carboxylic acids is 1. The minimum atomic E-state index is 0.0321. The first-order chi connectivity index (χ1) is 9.22. The van der Waals surface area contributed by atoms with Crippen molar-refractivity contribution in [1.29, 1.82) is 0 Å². The molecule has 0 radical (unpaired) electrons. The molecule has 1 aromatic rings. The van der Waals surface area contributed by atoms with Crippen molar-refractivity contribution in [1.82, 2.24) is 10.2 Å². The molecule has 1 aromatic heterocycles. The summed E-state index contributed by atoms with van der Waals surface area (Å²) in [4.78, 5) is 14.5. The third-order valence-electron chi connectivity index (χ3n) is 3.73. The number of hydrogen-bond donors (Lipinski definition) is 1. The average molecular weight is 264 g/mol. The molecular weight excluding hydrogens is 240 g/mol. The van der Waals surface area contributed by atoms with Gasteiger partial charge in [0.05, 0.1) is 6.26 Å². The van der Waals surface area contributed by atoms with Gasteiger partial charge in [0.2, 0.25) is 0 Å². The molecule has 1 atom stereocenters. The Kier molecular flexibility index (Phi) is 5.02. The molecule has 0 saturated carbocycles. The minimum absolute atomic E-state index is 0.0321. The molecular formula is C15H24N2O2. The fourth-order valence-corrected chi connectivity index (χ4v) is 2.54. The number of carbonyl (C=O) groups is 1. The Morgan fingerprint density at radius 2 is 2.42 bits per heavy atom. The van der Waals surface area contributed by atoms with E-state index >= 15 is 0 Å². The number of unbranched alkanes of at least 4 members (excludes halogenated alkanes) is 1. The summed E-state index contributed by atoms with van der Waals surface area (Å²) in [5, 5.41) is 3.45. The number of aryl methyl sites for hydroxylation is 1. The van der Waals surface area contributed by atoms with Crippen molar-refractivity contribution >= 4 is 5.91 Å². The van der Waals surface area contributed by atoms with Crippen molar-refractivity contribution in [3.63, 3.8) is 0 Å². The smallest absolute Gasteiger partial charge is 0.289 e. The molecule has 4 nitrogen and oxygen atoms in total. The number of hydrogen-bond acceptors (Lipinski definition) is 3. The van der Waals surface area contributed by atoms with Crippen molar-refractivity contribution in [3.8, 4) is 0 Å². The zero-order valence-corrected chi connectivity index (χ0v) is 11.9. The van der Waals surface area contributed by atoms with E-state index in [1.165, 1.54) is 6.42 Å². The van der Waals surface area contributed by atoms with Crippen LogP contribution in [0.4, 0.5) is 0 Å². The van der Waals surface area contributed by atoms with Crippen LogP contribution in [0.3, 0.4) is 0 Å². The second kappa shape index (κ2) is 6.75. The van der Waals surface area contributed by atoms with Gasteiger partial charge in [0.1, 0.15) is 0 Å². The van der Waals surface area contributed by atoms with Gasteiger partial charge < -0.3 is 14.6 Å². The van der Waals surface area contributed by atoms with Crippen molar-refractivity contribution in [2.45, 2.75) is 45.6 Å². The van der Waals surface area contributed by atoms with E-state index in [1.54, 1.807) is 6.26 Å². The maximum atomic E-state index is 12.5. The van der Waals surface area contributed by atoms with Crippen molar-refractivity contribution in [2.24, 2.45) is 0 Å². The molecule has 1 N–H and O–H groups in total. The molecule has 2 heterocycles. The van der Waals surface area contributed by atoms with E-state index < -0.39 is 0 Å². The van der Waals surface area contributed by atoms with Crippen LogP contribution in [0.25, 0.3) is 0 Å². The lowest BCUT2D eigenvalue weighted by atomic mass is 10.2. The Labute approximate surface area is 115 Å². The lowest BCUT2D eigenvalue weighted by Gasteiger charge is -2.25. The number of nitrogens with zero attached hydrogens (tertiary/aromatic N) is 1. The van der Waals surface area contributed by atoms with E-state index in [-0.39, 0.29) is 5.91 Å². The standard InChI is InChI=1S/C15H24N2O2/c1-3-4-9-17(11-13-6-5-8-16-13)15(18)14-12(2)7-10-19-14/h7,10,13,16H,3-6,8-9,11H2,1-2H3. The van der Waals surface area contributed by atoms with Crippen LogP contribution in [0.5, 0.6) is 0 Å². The van der Waals surface area contributed by atoms with Gasteiger partial charge in [-0.3, -0.25) is 4.79 Å². The fourth-order valence-electron chi connectivity index (χ4n) is 2.54. The molecule has 0 bridgehead atoms. The average Bonchev–Trinajstić information content (AvgIpc) is 3.05. The van der Waals surface area contributed by atoms with Crippen molar-refractivity contribution in [3.05, 3.63) is 23.7 Å². The molecule has 0 spiro atoms. The van der Waals surface area contributed by atoms with E-state index in [0.717, 1.165) is 44.5 Å². The van der Waals surface area contributed by atoms with Crippen molar-refractivity contribution in [2.75, 3.05) is 19.6 Å². The molecule has 1 aliphatic heterocycles. The van der Waals surface area contributed by atoms with Gasteiger partial charge in [0, 0.05) is 24.7 Å². The largest absolute Gasteiger partial charge is 0.459 e. The SMILES string of the molecule is CCCCN(CC1CCCN1)C(=O)c1occc1C. The first-order valence-corrected chi connectivity index (χ1v) is 7.29. The minimum Gasteiger partial charge on any atom is -0.459 e. The van der Waals surface area contributed by atoms with E-state index in [4.69, 9.17) is 4.42 Å². The second-order valence-electron chi connectivity index (χ2n) is 5.33. The second-order valence-corrected chi connectivity index (χ2v) is 5.33. The lowest BCUT2D eigenvalue weighted by molar-refractivity contribution is 0.0706. The Morgan fingerprint density at radius 3 is 3.00 bits per heavy atom. The van der Waals surface area contributed by atoms with E-state index in [2.05, 4.69) is 12.2 Å². The maximum absolute atomic E-state index is 12.5. The van der Waals surface area contributed by atoms with Gasteiger partial charge in [-0.2, -0.15) is 0 Å². The molecule has 106 valence electrons. The Balaban J connectivity index is 2.03. The summed E-state index contributed by atoms with van der Waals surface area (Å²) < 4.78 is 5.34. The van der Waals surface area contributed by atoms with Crippen LogP contribution in [0.2, 0.25) is 0 Å². The summed E-state index contributed by atoms with van der Waals surface area (Å²) in [5.74, 6) is 0.527. The van der Waals surface area contributed by atoms with Crippen LogP contribution in [0, 0.1) is 6.92 Å². The number of rotatable bonds is 6. The predicted octanol–water partition coefficient (Wildman–Crippen LogP) is 2.58.